The van der Waals surface area contributed by atoms with Crippen LogP contribution in [0.5, 0.6) is 11.5 Å². The molecule has 3 rings (SSSR count). The molecule has 1 amide bonds. The van der Waals surface area contributed by atoms with E-state index in [2.05, 4.69) is 10.6 Å². The summed E-state index contributed by atoms with van der Waals surface area (Å²) in [6.45, 7) is 2.94. The summed E-state index contributed by atoms with van der Waals surface area (Å²) in [6.07, 6.45) is 1.91. The van der Waals surface area contributed by atoms with Gasteiger partial charge >= 0.3 is 0 Å². The van der Waals surface area contributed by atoms with Crippen molar-refractivity contribution in [3.63, 3.8) is 0 Å². The Morgan fingerprint density at radius 3 is 2.67 bits per heavy atom. The number of hydrogen-bond acceptors (Lipinski definition) is 5. The first-order valence-electron chi connectivity index (χ1n) is 7.32. The van der Waals surface area contributed by atoms with E-state index in [1.54, 1.807) is 6.07 Å². The Morgan fingerprint density at radius 1 is 1.10 bits per heavy atom. The fourth-order valence-corrected chi connectivity index (χ4v) is 2.47. The lowest BCUT2D eigenvalue weighted by atomic mass is 10.1. The number of nitrogens with one attached hydrogen (secondary N) is 2. The summed E-state index contributed by atoms with van der Waals surface area (Å²) >= 11 is 0. The largest absolute Gasteiger partial charge is 0.486 e. The summed E-state index contributed by atoms with van der Waals surface area (Å²) in [5.41, 5.74) is 0.720. The molecule has 1 aromatic rings. The second kappa shape index (κ2) is 6.78. The van der Waals surface area contributed by atoms with Gasteiger partial charge in [0.2, 0.25) is 5.91 Å². The zero-order valence-electron chi connectivity index (χ0n) is 11.9. The van der Waals surface area contributed by atoms with Gasteiger partial charge < -0.3 is 24.8 Å². The molecule has 6 heteroatoms. The van der Waals surface area contributed by atoms with Crippen molar-refractivity contribution >= 4 is 11.6 Å². The van der Waals surface area contributed by atoms with E-state index in [1.165, 1.54) is 0 Å². The minimum Gasteiger partial charge on any atom is -0.486 e. The molecule has 1 aromatic carbocycles. The van der Waals surface area contributed by atoms with E-state index in [4.69, 9.17) is 14.2 Å². The Labute approximate surface area is 123 Å². The molecule has 6 nitrogen and oxygen atoms in total. The minimum atomic E-state index is -0.0573. The number of hydrogen-bond donors (Lipinski definition) is 2. The Bertz CT molecular complexity index is 500. The van der Waals surface area contributed by atoms with E-state index in [0.717, 1.165) is 37.5 Å². The van der Waals surface area contributed by atoms with Gasteiger partial charge in [-0.1, -0.05) is 0 Å². The standard InChI is InChI=1S/C15H20N2O4/c18-15(10-16-11-3-5-19-6-4-11)17-12-1-2-13-14(9-12)21-8-7-20-13/h1-2,9,11,16H,3-8,10H2,(H,17,18). The van der Waals surface area contributed by atoms with Crippen LogP contribution in [0.3, 0.4) is 0 Å². The normalized spacial score (nSPS) is 18.3. The molecule has 0 aliphatic carbocycles. The van der Waals surface area contributed by atoms with Gasteiger partial charge in [0.1, 0.15) is 13.2 Å². The van der Waals surface area contributed by atoms with Crippen LogP contribution < -0.4 is 20.1 Å². The van der Waals surface area contributed by atoms with Crippen LogP contribution >= 0.6 is 0 Å². The average molecular weight is 292 g/mol. The van der Waals surface area contributed by atoms with E-state index >= 15 is 0 Å². The fourth-order valence-electron chi connectivity index (χ4n) is 2.47. The quantitative estimate of drug-likeness (QED) is 0.872. The summed E-state index contributed by atoms with van der Waals surface area (Å²) in [6, 6.07) is 5.79. The number of fused-ring (bicyclic) bond motifs is 1. The molecule has 0 saturated carbocycles. The van der Waals surface area contributed by atoms with Gasteiger partial charge in [-0.15, -0.1) is 0 Å². The number of carbonyl (C=O) groups is 1. The van der Waals surface area contributed by atoms with E-state index in [0.29, 0.717) is 31.5 Å². The number of anilines is 1. The summed E-state index contributed by atoms with van der Waals surface area (Å²) in [7, 11) is 0. The van der Waals surface area contributed by atoms with Crippen molar-refractivity contribution in [1.29, 1.82) is 0 Å². The Kier molecular flexibility index (Phi) is 4.57. The molecule has 2 aliphatic heterocycles. The van der Waals surface area contributed by atoms with Crippen molar-refractivity contribution in [3.8, 4) is 11.5 Å². The van der Waals surface area contributed by atoms with E-state index in [1.807, 2.05) is 12.1 Å². The molecular formula is C15H20N2O4. The molecule has 0 bridgehead atoms. The fraction of sp³-hybridized carbons (Fsp3) is 0.533. The van der Waals surface area contributed by atoms with Gasteiger partial charge in [-0.05, 0) is 25.0 Å². The zero-order chi connectivity index (χ0) is 14.5. The summed E-state index contributed by atoms with van der Waals surface area (Å²) < 4.78 is 16.2. The molecule has 2 N–H and O–H groups in total. The summed E-state index contributed by atoms with van der Waals surface area (Å²) in [5, 5.41) is 6.12. The summed E-state index contributed by atoms with van der Waals surface area (Å²) in [4.78, 5) is 11.9. The lowest BCUT2D eigenvalue weighted by Gasteiger charge is -2.23. The second-order valence-electron chi connectivity index (χ2n) is 5.17. The third-order valence-corrected chi connectivity index (χ3v) is 3.60. The van der Waals surface area contributed by atoms with Gasteiger partial charge in [-0.3, -0.25) is 4.79 Å². The van der Waals surface area contributed by atoms with Gasteiger partial charge in [0, 0.05) is 31.0 Å². The van der Waals surface area contributed by atoms with Crippen molar-refractivity contribution in [3.05, 3.63) is 18.2 Å². The number of benzene rings is 1. The molecule has 0 spiro atoms. The highest BCUT2D eigenvalue weighted by atomic mass is 16.6. The maximum atomic E-state index is 11.9. The number of rotatable bonds is 4. The molecule has 0 unspecified atom stereocenters. The van der Waals surface area contributed by atoms with Crippen LogP contribution in [0.4, 0.5) is 5.69 Å². The highest BCUT2D eigenvalue weighted by Crippen LogP contribution is 2.32. The molecule has 1 fully saturated rings. The average Bonchev–Trinajstić information content (AvgIpc) is 2.54. The SMILES string of the molecule is O=C(CNC1CCOCC1)Nc1ccc2c(c1)OCCO2. The second-order valence-corrected chi connectivity index (χ2v) is 5.17. The van der Waals surface area contributed by atoms with Crippen molar-refractivity contribution in [2.75, 3.05) is 38.3 Å². The van der Waals surface area contributed by atoms with Crippen LogP contribution in [-0.4, -0.2) is 44.9 Å². The van der Waals surface area contributed by atoms with E-state index in [9.17, 15) is 4.79 Å². The predicted molar refractivity (Wildman–Crippen MR) is 77.9 cm³/mol. The molecule has 1 saturated heterocycles. The van der Waals surface area contributed by atoms with Gasteiger partial charge in [0.25, 0.3) is 0 Å². The first-order chi connectivity index (χ1) is 10.3. The lowest BCUT2D eigenvalue weighted by Crippen LogP contribution is -2.39. The topological polar surface area (TPSA) is 68.8 Å². The van der Waals surface area contributed by atoms with Crippen molar-refractivity contribution < 1.29 is 19.0 Å². The van der Waals surface area contributed by atoms with E-state index in [-0.39, 0.29) is 5.91 Å². The highest BCUT2D eigenvalue weighted by molar-refractivity contribution is 5.92. The lowest BCUT2D eigenvalue weighted by molar-refractivity contribution is -0.115. The van der Waals surface area contributed by atoms with Crippen LogP contribution in [-0.2, 0) is 9.53 Å². The Balaban J connectivity index is 1.50. The molecule has 0 aromatic heterocycles. The van der Waals surface area contributed by atoms with Crippen LogP contribution in [0.2, 0.25) is 0 Å². The predicted octanol–water partition coefficient (Wildman–Crippen LogP) is 1.16. The van der Waals surface area contributed by atoms with Gasteiger partial charge in [-0.2, -0.15) is 0 Å². The summed E-state index contributed by atoms with van der Waals surface area (Å²) in [5.74, 6) is 1.34. The Morgan fingerprint density at radius 2 is 1.86 bits per heavy atom. The van der Waals surface area contributed by atoms with Gasteiger partial charge in [0.15, 0.2) is 11.5 Å². The molecule has 2 aliphatic rings. The first kappa shape index (κ1) is 14.2. The molecule has 114 valence electrons. The number of amides is 1. The third kappa shape index (κ3) is 3.86. The van der Waals surface area contributed by atoms with Crippen LogP contribution in [0, 0.1) is 0 Å². The number of ether oxygens (including phenoxy) is 3. The first-order valence-corrected chi connectivity index (χ1v) is 7.32. The van der Waals surface area contributed by atoms with Crippen LogP contribution in [0.15, 0.2) is 18.2 Å². The van der Waals surface area contributed by atoms with Crippen LogP contribution in [0.1, 0.15) is 12.8 Å². The van der Waals surface area contributed by atoms with E-state index < -0.39 is 0 Å². The van der Waals surface area contributed by atoms with Gasteiger partial charge in [0.05, 0.1) is 6.54 Å². The smallest absolute Gasteiger partial charge is 0.238 e. The number of carbonyl (C=O) groups excluding carboxylic acids is 1. The molecule has 0 atom stereocenters. The molecule has 21 heavy (non-hydrogen) atoms. The minimum absolute atomic E-state index is 0.0573. The third-order valence-electron chi connectivity index (χ3n) is 3.60. The maximum absolute atomic E-state index is 11.9. The maximum Gasteiger partial charge on any atom is 0.238 e. The molecule has 0 radical (unpaired) electrons. The van der Waals surface area contributed by atoms with Crippen molar-refractivity contribution in [1.82, 2.24) is 5.32 Å². The molecule has 2 heterocycles. The Hall–Kier alpha value is -1.79. The van der Waals surface area contributed by atoms with Crippen LogP contribution in [0.25, 0.3) is 0 Å². The highest BCUT2D eigenvalue weighted by Gasteiger charge is 2.15. The van der Waals surface area contributed by atoms with Crippen molar-refractivity contribution in [2.24, 2.45) is 0 Å². The zero-order valence-corrected chi connectivity index (χ0v) is 11.9. The van der Waals surface area contributed by atoms with Gasteiger partial charge in [-0.25, -0.2) is 0 Å². The molecular weight excluding hydrogens is 272 g/mol. The monoisotopic (exact) mass is 292 g/mol. The van der Waals surface area contributed by atoms with Crippen molar-refractivity contribution in [2.45, 2.75) is 18.9 Å².